The minimum atomic E-state index is 0.360. The fourth-order valence-electron chi connectivity index (χ4n) is 2.43. The van der Waals surface area contributed by atoms with Crippen molar-refractivity contribution in [1.29, 1.82) is 0 Å². The Morgan fingerprint density at radius 1 is 0.737 bits per heavy atom. The number of aryl methyl sites for hydroxylation is 1. The maximum atomic E-state index is 8.67. The van der Waals surface area contributed by atoms with Gasteiger partial charge in [0.2, 0.25) is 0 Å². The summed E-state index contributed by atoms with van der Waals surface area (Å²) >= 11 is 0. The molecule has 0 unspecified atom stereocenters. The number of hydrogen-bond acceptors (Lipinski definition) is 1. The Kier molecular flexibility index (Phi) is 10.4. The molecule has 0 saturated heterocycles. The average molecular weight is 261 g/mol. The van der Waals surface area contributed by atoms with Crippen LogP contribution in [0.1, 0.15) is 69.8 Å². The lowest BCUT2D eigenvalue weighted by atomic mass is 10.0. The van der Waals surface area contributed by atoms with Crippen LogP contribution in [0.2, 0.25) is 0 Å². The number of benzene rings is 1. The zero-order valence-electron chi connectivity index (χ0n) is 12.2. The maximum absolute atomic E-state index is 8.67. The van der Waals surface area contributed by atoms with Gasteiger partial charge in [0.05, 0.1) is 0 Å². The quantitative estimate of drug-likeness (QED) is 0.529. The van der Waals surface area contributed by atoms with E-state index in [9.17, 15) is 0 Å². The molecule has 0 aliphatic heterocycles. The molecule has 19 heavy (non-hydrogen) atoms. The summed E-state index contributed by atoms with van der Waals surface area (Å²) in [5.74, 6) is 0. The van der Waals surface area contributed by atoms with E-state index in [1.54, 1.807) is 0 Å². The molecule has 1 rings (SSSR count). The van der Waals surface area contributed by atoms with Crippen LogP contribution in [0.5, 0.6) is 0 Å². The minimum Gasteiger partial charge on any atom is -0.396 e. The monoisotopic (exact) mass is 261 g/mol. The molecule has 0 amide bonds. The summed E-state index contributed by atoms with van der Waals surface area (Å²) in [6, 6.07) is 11.6. The molecule has 1 nitrogen and oxygen atoms in total. The highest BCUT2D eigenvalue weighted by Gasteiger charge is 1.94. The van der Waals surface area contributed by atoms with E-state index in [-0.39, 0.29) is 0 Å². The Hall–Kier alpha value is -0.820. The van der Waals surface area contributed by atoms with Crippen LogP contribution in [0.15, 0.2) is 24.3 Å². The number of unbranched alkanes of at least 4 members (excludes halogenated alkanes) is 9. The molecule has 1 heteroatoms. The maximum Gasteiger partial charge on any atom is 0.0431 e. The molecule has 1 aromatic rings. The van der Waals surface area contributed by atoms with E-state index in [0.717, 1.165) is 6.42 Å². The van der Waals surface area contributed by atoms with Crippen LogP contribution >= 0.6 is 0 Å². The van der Waals surface area contributed by atoms with Crippen LogP contribution in [0.25, 0.3) is 0 Å². The van der Waals surface area contributed by atoms with Gasteiger partial charge in [-0.2, -0.15) is 0 Å². The van der Waals surface area contributed by atoms with E-state index in [4.69, 9.17) is 5.11 Å². The van der Waals surface area contributed by atoms with Crippen LogP contribution in [-0.4, -0.2) is 11.7 Å². The van der Waals surface area contributed by atoms with Crippen LogP contribution < -0.4 is 0 Å². The molecule has 0 fully saturated rings. The molecule has 0 aliphatic carbocycles. The Morgan fingerprint density at radius 2 is 1.32 bits per heavy atom. The van der Waals surface area contributed by atoms with Crippen molar-refractivity contribution in [2.24, 2.45) is 0 Å². The zero-order valence-corrected chi connectivity index (χ0v) is 12.2. The topological polar surface area (TPSA) is 20.2 Å². The third-order valence-electron chi connectivity index (χ3n) is 3.63. The van der Waals surface area contributed by atoms with Gasteiger partial charge in [0.1, 0.15) is 0 Å². The molecule has 1 N–H and O–H groups in total. The second-order valence-electron chi connectivity index (χ2n) is 5.40. The lowest BCUT2D eigenvalue weighted by Crippen LogP contribution is -1.87. The molecular weight excluding hydrogens is 232 g/mol. The first-order valence-electron chi connectivity index (χ1n) is 8.00. The molecule has 0 saturated carbocycles. The summed E-state index contributed by atoms with van der Waals surface area (Å²) in [6.07, 6.45) is 14.2. The molecule has 0 spiro atoms. The summed E-state index contributed by atoms with van der Waals surface area (Å²) in [4.78, 5) is 0. The second kappa shape index (κ2) is 12.2. The van der Waals surface area contributed by atoms with E-state index < -0.39 is 0 Å². The van der Waals surface area contributed by atoms with Crippen molar-refractivity contribution in [3.05, 3.63) is 35.9 Å². The smallest absolute Gasteiger partial charge is 0.0431 e. The van der Waals surface area contributed by atoms with Gasteiger partial charge in [0.15, 0.2) is 0 Å². The van der Waals surface area contributed by atoms with E-state index in [1.165, 1.54) is 69.8 Å². The summed E-state index contributed by atoms with van der Waals surface area (Å²) in [6.45, 7) is 0.360. The highest BCUT2D eigenvalue weighted by atomic mass is 16.2. The van der Waals surface area contributed by atoms with Gasteiger partial charge >= 0.3 is 0 Å². The highest BCUT2D eigenvalue weighted by Crippen LogP contribution is 2.12. The Balaban J connectivity index is 1.79. The van der Waals surface area contributed by atoms with Crippen LogP contribution in [0, 0.1) is 6.07 Å². The molecule has 0 atom stereocenters. The standard InChI is InChI=1S/C18H29O/c19-17-13-8-6-4-2-1-3-5-7-10-14-18-15-11-9-12-16-18/h9,11-12,15,19H,1-8,10,13-14,17H2. The summed E-state index contributed by atoms with van der Waals surface area (Å²) in [5.41, 5.74) is 1.35. The number of aliphatic hydroxyl groups excluding tert-OH is 1. The van der Waals surface area contributed by atoms with Crippen molar-refractivity contribution in [1.82, 2.24) is 0 Å². The lowest BCUT2D eigenvalue weighted by molar-refractivity contribution is 0.282. The van der Waals surface area contributed by atoms with Crippen molar-refractivity contribution in [2.45, 2.75) is 70.6 Å². The van der Waals surface area contributed by atoms with Gasteiger partial charge in [-0.1, -0.05) is 75.6 Å². The number of rotatable bonds is 12. The first-order valence-corrected chi connectivity index (χ1v) is 8.00. The highest BCUT2D eigenvalue weighted by molar-refractivity contribution is 5.12. The second-order valence-corrected chi connectivity index (χ2v) is 5.40. The van der Waals surface area contributed by atoms with Gasteiger partial charge in [-0.05, 0) is 30.9 Å². The van der Waals surface area contributed by atoms with Gasteiger partial charge < -0.3 is 5.11 Å². The van der Waals surface area contributed by atoms with Gasteiger partial charge in [-0.3, -0.25) is 0 Å². The van der Waals surface area contributed by atoms with Crippen LogP contribution in [-0.2, 0) is 6.42 Å². The largest absolute Gasteiger partial charge is 0.396 e. The predicted molar refractivity (Wildman–Crippen MR) is 82.2 cm³/mol. The fourth-order valence-corrected chi connectivity index (χ4v) is 2.43. The Morgan fingerprint density at radius 3 is 1.84 bits per heavy atom. The van der Waals surface area contributed by atoms with E-state index in [2.05, 4.69) is 18.2 Å². The predicted octanol–water partition coefficient (Wildman–Crippen LogP) is 4.92. The molecule has 1 aromatic carbocycles. The number of aliphatic hydroxyl groups is 1. The van der Waals surface area contributed by atoms with Crippen LogP contribution in [0.4, 0.5) is 0 Å². The van der Waals surface area contributed by atoms with Gasteiger partial charge in [-0.25, -0.2) is 0 Å². The lowest BCUT2D eigenvalue weighted by Gasteiger charge is -2.03. The molecule has 0 aromatic heterocycles. The first-order chi connectivity index (χ1) is 9.43. The van der Waals surface area contributed by atoms with Gasteiger partial charge in [0, 0.05) is 6.61 Å². The van der Waals surface area contributed by atoms with Crippen LogP contribution in [0.3, 0.4) is 0 Å². The molecule has 0 bridgehead atoms. The first kappa shape index (κ1) is 16.2. The molecule has 107 valence electrons. The fraction of sp³-hybridized carbons (Fsp3) is 0.667. The van der Waals surface area contributed by atoms with E-state index in [0.29, 0.717) is 6.61 Å². The molecule has 0 heterocycles. The van der Waals surface area contributed by atoms with E-state index in [1.807, 2.05) is 12.1 Å². The normalized spacial score (nSPS) is 10.8. The Labute approximate surface area is 119 Å². The van der Waals surface area contributed by atoms with E-state index >= 15 is 0 Å². The van der Waals surface area contributed by atoms with Gasteiger partial charge in [-0.15, -0.1) is 0 Å². The van der Waals surface area contributed by atoms with Gasteiger partial charge in [0.25, 0.3) is 0 Å². The average Bonchev–Trinajstić information content (AvgIpc) is 2.46. The summed E-state index contributed by atoms with van der Waals surface area (Å²) in [7, 11) is 0. The zero-order chi connectivity index (χ0) is 13.6. The SMILES string of the molecule is OCCCCCCCCCCCCc1[c]cccc1. The molecule has 0 aliphatic rings. The Bertz CT molecular complexity index is 281. The van der Waals surface area contributed by atoms with Crippen molar-refractivity contribution in [3.8, 4) is 0 Å². The van der Waals surface area contributed by atoms with Crippen molar-refractivity contribution >= 4 is 0 Å². The summed E-state index contributed by atoms with van der Waals surface area (Å²) in [5, 5.41) is 8.67. The molecule has 1 radical (unpaired) electrons. The van der Waals surface area contributed by atoms with Crippen molar-refractivity contribution in [3.63, 3.8) is 0 Å². The third kappa shape index (κ3) is 9.72. The van der Waals surface area contributed by atoms with Crippen molar-refractivity contribution < 1.29 is 5.11 Å². The van der Waals surface area contributed by atoms with Crippen molar-refractivity contribution in [2.75, 3.05) is 6.61 Å². The minimum absolute atomic E-state index is 0.360. The third-order valence-corrected chi connectivity index (χ3v) is 3.63. The summed E-state index contributed by atoms with van der Waals surface area (Å²) < 4.78 is 0. The number of hydrogen-bond donors (Lipinski definition) is 1. The molecular formula is C18H29O.